The van der Waals surface area contributed by atoms with Gasteiger partial charge in [0.15, 0.2) is 0 Å². The average Bonchev–Trinajstić information content (AvgIpc) is 2.59. The zero-order valence-electron chi connectivity index (χ0n) is 13.7. The highest BCUT2D eigenvalue weighted by molar-refractivity contribution is 5.97. The molecule has 1 aromatic rings. The Morgan fingerprint density at radius 2 is 2.04 bits per heavy atom. The van der Waals surface area contributed by atoms with E-state index in [1.807, 2.05) is 30.3 Å². The van der Waals surface area contributed by atoms with Crippen LogP contribution in [0.2, 0.25) is 0 Å². The third-order valence-corrected chi connectivity index (χ3v) is 4.11. The number of benzene rings is 1. The summed E-state index contributed by atoms with van der Waals surface area (Å²) in [5.74, 6) is 1.16. The maximum absolute atomic E-state index is 12.2. The summed E-state index contributed by atoms with van der Waals surface area (Å²) < 4.78 is 5.10. The fraction of sp³-hybridized carbons (Fsp3) is 0.444. The Balaban J connectivity index is 1.90. The molecule has 0 aromatic heterocycles. The van der Waals surface area contributed by atoms with Crippen LogP contribution in [0.4, 0.5) is 0 Å². The minimum atomic E-state index is -0.332. The summed E-state index contributed by atoms with van der Waals surface area (Å²) in [7, 11) is 1.61. The standard InChI is InChI=1S/C18H23N3O2/c1-14-7-9-21(10-8-14)13-16(11-19)18(22)20-12-15-3-5-17(23-2)6-4-15/h3-6,13-14H,7-10,12H2,1-2H3,(H,20,22)/b16-13-. The molecule has 0 spiro atoms. The fourth-order valence-corrected chi connectivity index (χ4v) is 2.50. The number of amides is 1. The Bertz CT molecular complexity index is 594. The molecular formula is C18H23N3O2. The molecule has 0 unspecified atom stereocenters. The Morgan fingerprint density at radius 1 is 1.39 bits per heavy atom. The second kappa shape index (κ2) is 8.23. The first-order valence-corrected chi connectivity index (χ1v) is 7.89. The van der Waals surface area contributed by atoms with Crippen molar-refractivity contribution in [2.24, 2.45) is 5.92 Å². The average molecular weight is 313 g/mol. The molecule has 0 aliphatic carbocycles. The summed E-state index contributed by atoms with van der Waals surface area (Å²) in [5.41, 5.74) is 1.12. The molecule has 1 aliphatic heterocycles. The lowest BCUT2D eigenvalue weighted by Gasteiger charge is -2.29. The molecule has 122 valence electrons. The lowest BCUT2D eigenvalue weighted by Crippen LogP contribution is -2.31. The molecule has 1 fully saturated rings. The minimum Gasteiger partial charge on any atom is -0.497 e. The third-order valence-electron chi connectivity index (χ3n) is 4.11. The molecule has 0 saturated carbocycles. The predicted octanol–water partition coefficient (Wildman–Crippen LogP) is 2.45. The zero-order valence-corrected chi connectivity index (χ0v) is 13.7. The summed E-state index contributed by atoms with van der Waals surface area (Å²) in [6, 6.07) is 9.47. The van der Waals surface area contributed by atoms with Crippen molar-refractivity contribution in [1.29, 1.82) is 5.26 Å². The highest BCUT2D eigenvalue weighted by atomic mass is 16.5. The second-order valence-electron chi connectivity index (χ2n) is 5.90. The van der Waals surface area contributed by atoms with Crippen LogP contribution in [0.1, 0.15) is 25.3 Å². The van der Waals surface area contributed by atoms with Gasteiger partial charge in [0.2, 0.25) is 0 Å². The van der Waals surface area contributed by atoms with Crippen molar-refractivity contribution in [3.8, 4) is 11.8 Å². The lowest BCUT2D eigenvalue weighted by atomic mass is 9.99. The summed E-state index contributed by atoms with van der Waals surface area (Å²) >= 11 is 0. The van der Waals surface area contributed by atoms with E-state index < -0.39 is 0 Å². The number of nitriles is 1. The normalized spacial score (nSPS) is 15.9. The van der Waals surface area contributed by atoms with Crippen LogP contribution in [0, 0.1) is 17.2 Å². The van der Waals surface area contributed by atoms with E-state index in [0.29, 0.717) is 12.5 Å². The van der Waals surface area contributed by atoms with E-state index in [1.165, 1.54) is 0 Å². The smallest absolute Gasteiger partial charge is 0.263 e. The largest absolute Gasteiger partial charge is 0.497 e. The van der Waals surface area contributed by atoms with Crippen molar-refractivity contribution < 1.29 is 9.53 Å². The molecule has 1 heterocycles. The van der Waals surface area contributed by atoms with Crippen molar-refractivity contribution in [2.45, 2.75) is 26.3 Å². The number of hydrogen-bond donors (Lipinski definition) is 1. The highest BCUT2D eigenvalue weighted by Gasteiger charge is 2.16. The highest BCUT2D eigenvalue weighted by Crippen LogP contribution is 2.17. The Morgan fingerprint density at radius 3 is 2.61 bits per heavy atom. The number of methoxy groups -OCH3 is 1. The van der Waals surface area contributed by atoms with E-state index in [0.717, 1.165) is 37.2 Å². The van der Waals surface area contributed by atoms with Crippen molar-refractivity contribution in [1.82, 2.24) is 10.2 Å². The fourth-order valence-electron chi connectivity index (χ4n) is 2.50. The minimum absolute atomic E-state index is 0.160. The molecule has 23 heavy (non-hydrogen) atoms. The second-order valence-corrected chi connectivity index (χ2v) is 5.90. The number of likely N-dealkylation sites (tertiary alicyclic amines) is 1. The maximum Gasteiger partial charge on any atom is 0.263 e. The first-order valence-electron chi connectivity index (χ1n) is 7.89. The van der Waals surface area contributed by atoms with E-state index in [9.17, 15) is 10.1 Å². The zero-order chi connectivity index (χ0) is 16.7. The maximum atomic E-state index is 12.2. The summed E-state index contributed by atoms with van der Waals surface area (Å²) in [4.78, 5) is 14.2. The summed E-state index contributed by atoms with van der Waals surface area (Å²) in [6.45, 7) is 4.42. The number of ether oxygens (including phenoxy) is 1. The van der Waals surface area contributed by atoms with Gasteiger partial charge in [0, 0.05) is 25.8 Å². The van der Waals surface area contributed by atoms with Crippen LogP contribution in [-0.2, 0) is 11.3 Å². The van der Waals surface area contributed by atoms with Crippen LogP contribution >= 0.6 is 0 Å². The number of nitrogens with one attached hydrogen (secondary N) is 1. The number of carbonyl (C=O) groups excluding carboxylic acids is 1. The molecule has 2 rings (SSSR count). The van der Waals surface area contributed by atoms with Crippen molar-refractivity contribution in [2.75, 3.05) is 20.2 Å². The van der Waals surface area contributed by atoms with Crippen LogP contribution in [0.5, 0.6) is 5.75 Å². The van der Waals surface area contributed by atoms with Gasteiger partial charge in [-0.1, -0.05) is 19.1 Å². The summed E-state index contributed by atoms with van der Waals surface area (Å²) in [5, 5.41) is 12.0. The SMILES string of the molecule is COc1ccc(CNC(=O)/C(C#N)=C\N2CCC(C)CC2)cc1. The number of rotatable bonds is 5. The number of carbonyl (C=O) groups is 1. The number of nitrogens with zero attached hydrogens (tertiary/aromatic N) is 2. The van der Waals surface area contributed by atoms with E-state index in [2.05, 4.69) is 17.1 Å². The number of piperidine rings is 1. The molecular weight excluding hydrogens is 290 g/mol. The van der Waals surface area contributed by atoms with Crippen LogP contribution < -0.4 is 10.1 Å². The first-order chi connectivity index (χ1) is 11.1. The molecule has 0 atom stereocenters. The predicted molar refractivity (Wildman–Crippen MR) is 88.5 cm³/mol. The van der Waals surface area contributed by atoms with Crippen LogP contribution in [0.25, 0.3) is 0 Å². The van der Waals surface area contributed by atoms with Crippen LogP contribution in [0.15, 0.2) is 36.0 Å². The molecule has 0 bridgehead atoms. The molecule has 1 aromatic carbocycles. The van der Waals surface area contributed by atoms with Crippen LogP contribution in [-0.4, -0.2) is 31.0 Å². The van der Waals surface area contributed by atoms with Gasteiger partial charge in [-0.25, -0.2) is 0 Å². The molecule has 1 amide bonds. The molecule has 5 heteroatoms. The van der Waals surface area contributed by atoms with Gasteiger partial charge in [-0.05, 0) is 36.5 Å². The van der Waals surface area contributed by atoms with Crippen LogP contribution in [0.3, 0.4) is 0 Å². The van der Waals surface area contributed by atoms with Crippen molar-refractivity contribution >= 4 is 5.91 Å². The van der Waals surface area contributed by atoms with E-state index in [4.69, 9.17) is 4.74 Å². The Hall–Kier alpha value is -2.48. The van der Waals surface area contributed by atoms with E-state index in [-0.39, 0.29) is 11.5 Å². The quantitative estimate of drug-likeness (QED) is 0.670. The lowest BCUT2D eigenvalue weighted by molar-refractivity contribution is -0.117. The van der Waals surface area contributed by atoms with Gasteiger partial charge in [-0.15, -0.1) is 0 Å². The van der Waals surface area contributed by atoms with Gasteiger partial charge in [0.25, 0.3) is 5.91 Å². The third kappa shape index (κ3) is 5.03. The van der Waals surface area contributed by atoms with Gasteiger partial charge in [-0.3, -0.25) is 4.79 Å². The van der Waals surface area contributed by atoms with Crippen molar-refractivity contribution in [3.05, 3.63) is 41.6 Å². The molecule has 1 aliphatic rings. The Labute approximate surface area is 137 Å². The van der Waals surface area contributed by atoms with Crippen molar-refractivity contribution in [3.63, 3.8) is 0 Å². The molecule has 5 nitrogen and oxygen atoms in total. The molecule has 0 radical (unpaired) electrons. The first kappa shape index (κ1) is 16.9. The monoisotopic (exact) mass is 313 g/mol. The van der Waals surface area contributed by atoms with E-state index >= 15 is 0 Å². The molecule has 1 N–H and O–H groups in total. The topological polar surface area (TPSA) is 65.4 Å². The Kier molecular flexibility index (Phi) is 6.04. The van der Waals surface area contributed by atoms with Gasteiger partial charge < -0.3 is 15.0 Å². The molecule has 1 saturated heterocycles. The number of hydrogen-bond acceptors (Lipinski definition) is 4. The van der Waals surface area contributed by atoms with Gasteiger partial charge >= 0.3 is 0 Å². The van der Waals surface area contributed by atoms with Gasteiger partial charge in [0.05, 0.1) is 7.11 Å². The van der Waals surface area contributed by atoms with Gasteiger partial charge in [0.1, 0.15) is 17.4 Å². The van der Waals surface area contributed by atoms with Gasteiger partial charge in [-0.2, -0.15) is 5.26 Å². The summed E-state index contributed by atoms with van der Waals surface area (Å²) in [6.07, 6.45) is 3.89. The van der Waals surface area contributed by atoms with E-state index in [1.54, 1.807) is 13.3 Å².